The molecule has 2 aliphatic rings. The average molecular weight is 266 g/mol. The first kappa shape index (κ1) is 15.3. The smallest absolute Gasteiger partial charge is 0.0274 e. The van der Waals surface area contributed by atoms with Gasteiger partial charge < -0.3 is 5.32 Å². The van der Waals surface area contributed by atoms with Crippen LogP contribution in [0.1, 0.15) is 66.7 Å². The molecular weight excluding hydrogens is 232 g/mol. The maximum absolute atomic E-state index is 3.88. The standard InChI is InChI=1S/C17H34N2/c1-6-10-18-16-15(8-7-9-17(16,4)5)19-12-13(2)11-14(19)3/h13-16,18H,6-12H2,1-5H3. The lowest BCUT2D eigenvalue weighted by Crippen LogP contribution is -2.59. The van der Waals surface area contributed by atoms with Gasteiger partial charge in [0.1, 0.15) is 0 Å². The molecule has 0 bridgehead atoms. The van der Waals surface area contributed by atoms with Gasteiger partial charge in [-0.05, 0) is 50.5 Å². The highest BCUT2D eigenvalue weighted by molar-refractivity contribution is 5.00. The summed E-state index contributed by atoms with van der Waals surface area (Å²) in [5.74, 6) is 0.881. The van der Waals surface area contributed by atoms with Gasteiger partial charge in [-0.25, -0.2) is 0 Å². The summed E-state index contributed by atoms with van der Waals surface area (Å²) in [4.78, 5) is 2.82. The van der Waals surface area contributed by atoms with Gasteiger partial charge in [-0.3, -0.25) is 4.90 Å². The minimum Gasteiger partial charge on any atom is -0.312 e. The van der Waals surface area contributed by atoms with Crippen molar-refractivity contribution in [2.45, 2.75) is 84.8 Å². The van der Waals surface area contributed by atoms with Gasteiger partial charge in [0.05, 0.1) is 0 Å². The lowest BCUT2D eigenvalue weighted by Gasteiger charge is -2.49. The van der Waals surface area contributed by atoms with Crippen LogP contribution in [0.5, 0.6) is 0 Å². The second-order valence-corrected chi connectivity index (χ2v) is 7.77. The molecule has 2 nitrogen and oxygen atoms in total. The molecule has 0 aromatic carbocycles. The Bertz CT molecular complexity index is 287. The quantitative estimate of drug-likeness (QED) is 0.835. The van der Waals surface area contributed by atoms with Gasteiger partial charge in [-0.1, -0.05) is 34.1 Å². The van der Waals surface area contributed by atoms with E-state index in [-0.39, 0.29) is 0 Å². The molecule has 1 saturated carbocycles. The van der Waals surface area contributed by atoms with Gasteiger partial charge >= 0.3 is 0 Å². The second kappa shape index (κ2) is 6.13. The summed E-state index contributed by atoms with van der Waals surface area (Å²) >= 11 is 0. The van der Waals surface area contributed by atoms with Crippen LogP contribution in [-0.4, -0.2) is 36.1 Å². The largest absolute Gasteiger partial charge is 0.312 e. The van der Waals surface area contributed by atoms with Crippen molar-refractivity contribution in [3.05, 3.63) is 0 Å². The Labute approximate surface area is 120 Å². The van der Waals surface area contributed by atoms with Crippen molar-refractivity contribution in [1.29, 1.82) is 0 Å². The third kappa shape index (κ3) is 3.33. The van der Waals surface area contributed by atoms with E-state index in [1.807, 2.05) is 0 Å². The van der Waals surface area contributed by atoms with Crippen LogP contribution in [-0.2, 0) is 0 Å². The Morgan fingerprint density at radius 3 is 2.58 bits per heavy atom. The fraction of sp³-hybridized carbons (Fsp3) is 1.00. The van der Waals surface area contributed by atoms with E-state index in [0.29, 0.717) is 11.5 Å². The van der Waals surface area contributed by atoms with Gasteiger partial charge in [-0.2, -0.15) is 0 Å². The maximum Gasteiger partial charge on any atom is 0.0274 e. The first-order valence-electron chi connectivity index (χ1n) is 8.45. The molecule has 0 spiro atoms. The number of nitrogens with one attached hydrogen (secondary N) is 1. The van der Waals surface area contributed by atoms with E-state index in [9.17, 15) is 0 Å². The van der Waals surface area contributed by atoms with Gasteiger partial charge in [0, 0.05) is 24.7 Å². The molecule has 2 rings (SSSR count). The molecule has 1 aliphatic carbocycles. The number of hydrogen-bond donors (Lipinski definition) is 1. The molecule has 1 N–H and O–H groups in total. The van der Waals surface area contributed by atoms with E-state index in [1.165, 1.54) is 45.2 Å². The fourth-order valence-corrected chi connectivity index (χ4v) is 4.47. The monoisotopic (exact) mass is 266 g/mol. The van der Waals surface area contributed by atoms with Crippen molar-refractivity contribution >= 4 is 0 Å². The summed E-state index contributed by atoms with van der Waals surface area (Å²) in [5, 5.41) is 3.88. The first-order chi connectivity index (χ1) is 8.95. The normalized spacial score (nSPS) is 39.6. The second-order valence-electron chi connectivity index (χ2n) is 7.77. The van der Waals surface area contributed by atoms with E-state index >= 15 is 0 Å². The Kier molecular flexibility index (Phi) is 4.94. The molecule has 4 unspecified atom stereocenters. The summed E-state index contributed by atoms with van der Waals surface area (Å²) < 4.78 is 0. The molecule has 1 saturated heterocycles. The summed E-state index contributed by atoms with van der Waals surface area (Å²) in [6, 6.07) is 2.21. The van der Waals surface area contributed by atoms with E-state index in [4.69, 9.17) is 0 Å². The van der Waals surface area contributed by atoms with Crippen LogP contribution < -0.4 is 5.32 Å². The van der Waals surface area contributed by atoms with E-state index < -0.39 is 0 Å². The Balaban J connectivity index is 2.11. The molecular formula is C17H34N2. The minimum atomic E-state index is 0.448. The van der Waals surface area contributed by atoms with Crippen LogP contribution in [0, 0.1) is 11.3 Å². The zero-order chi connectivity index (χ0) is 14.0. The molecule has 2 fully saturated rings. The van der Waals surface area contributed by atoms with Gasteiger partial charge in [0.2, 0.25) is 0 Å². The molecule has 0 radical (unpaired) electrons. The van der Waals surface area contributed by atoms with Crippen LogP contribution in [0.2, 0.25) is 0 Å². The summed E-state index contributed by atoms with van der Waals surface area (Å²) in [7, 11) is 0. The summed E-state index contributed by atoms with van der Waals surface area (Å²) in [6.45, 7) is 14.5. The van der Waals surface area contributed by atoms with Gasteiger partial charge in [0.25, 0.3) is 0 Å². The number of rotatable bonds is 4. The van der Waals surface area contributed by atoms with Gasteiger partial charge in [0.15, 0.2) is 0 Å². The molecule has 112 valence electrons. The van der Waals surface area contributed by atoms with Crippen molar-refractivity contribution in [3.63, 3.8) is 0 Å². The van der Waals surface area contributed by atoms with Crippen molar-refractivity contribution in [1.82, 2.24) is 10.2 Å². The van der Waals surface area contributed by atoms with Crippen LogP contribution >= 0.6 is 0 Å². The molecule has 0 aromatic rings. The Morgan fingerprint density at radius 2 is 2.00 bits per heavy atom. The topological polar surface area (TPSA) is 15.3 Å². The van der Waals surface area contributed by atoms with Crippen molar-refractivity contribution < 1.29 is 0 Å². The zero-order valence-electron chi connectivity index (χ0n) is 13.7. The highest BCUT2D eigenvalue weighted by Crippen LogP contribution is 2.40. The lowest BCUT2D eigenvalue weighted by atomic mass is 9.70. The predicted molar refractivity (Wildman–Crippen MR) is 83.5 cm³/mol. The number of nitrogens with zero attached hydrogens (tertiary/aromatic N) is 1. The highest BCUT2D eigenvalue weighted by Gasteiger charge is 2.44. The van der Waals surface area contributed by atoms with E-state index in [1.54, 1.807) is 0 Å². The van der Waals surface area contributed by atoms with Crippen LogP contribution in [0.3, 0.4) is 0 Å². The van der Waals surface area contributed by atoms with Crippen LogP contribution in [0.25, 0.3) is 0 Å². The molecule has 4 atom stereocenters. The molecule has 0 amide bonds. The summed E-state index contributed by atoms with van der Waals surface area (Å²) in [6.07, 6.45) is 6.80. The van der Waals surface area contributed by atoms with Crippen molar-refractivity contribution in [3.8, 4) is 0 Å². The minimum absolute atomic E-state index is 0.448. The van der Waals surface area contributed by atoms with Crippen molar-refractivity contribution in [2.24, 2.45) is 11.3 Å². The average Bonchev–Trinajstić information content (AvgIpc) is 2.66. The molecule has 1 aliphatic heterocycles. The van der Waals surface area contributed by atoms with E-state index in [0.717, 1.165) is 18.0 Å². The predicted octanol–water partition coefficient (Wildman–Crippen LogP) is 3.66. The third-order valence-corrected chi connectivity index (χ3v) is 5.42. The Hall–Kier alpha value is -0.0800. The van der Waals surface area contributed by atoms with Crippen LogP contribution in [0.4, 0.5) is 0 Å². The Morgan fingerprint density at radius 1 is 1.26 bits per heavy atom. The van der Waals surface area contributed by atoms with Crippen molar-refractivity contribution in [2.75, 3.05) is 13.1 Å². The first-order valence-corrected chi connectivity index (χ1v) is 8.45. The zero-order valence-corrected chi connectivity index (χ0v) is 13.7. The number of likely N-dealkylation sites (tertiary alicyclic amines) is 1. The molecule has 0 aromatic heterocycles. The SMILES string of the molecule is CCCNC1C(N2CC(C)CC2C)CCCC1(C)C. The fourth-order valence-electron chi connectivity index (χ4n) is 4.47. The summed E-state index contributed by atoms with van der Waals surface area (Å²) in [5.41, 5.74) is 0.448. The molecule has 1 heterocycles. The lowest BCUT2D eigenvalue weighted by molar-refractivity contribution is 0.0435. The van der Waals surface area contributed by atoms with Crippen LogP contribution in [0.15, 0.2) is 0 Å². The molecule has 2 heteroatoms. The van der Waals surface area contributed by atoms with E-state index in [2.05, 4.69) is 44.8 Å². The maximum atomic E-state index is 3.88. The van der Waals surface area contributed by atoms with Gasteiger partial charge in [-0.15, -0.1) is 0 Å². The third-order valence-electron chi connectivity index (χ3n) is 5.42. The number of hydrogen-bond acceptors (Lipinski definition) is 2. The molecule has 19 heavy (non-hydrogen) atoms. The highest BCUT2D eigenvalue weighted by atomic mass is 15.2.